The quantitative estimate of drug-likeness (QED) is 0.0577. The number of hydrogen-bond donors (Lipinski definition) is 3. The monoisotopic (exact) mass is 544 g/mol. The molecule has 0 unspecified atom stereocenters. The first-order valence-electron chi connectivity index (χ1n) is 12.7. The van der Waals surface area contributed by atoms with Crippen LogP contribution in [-0.2, 0) is 10.3 Å². The van der Waals surface area contributed by atoms with Gasteiger partial charge in [0.25, 0.3) is 0 Å². The number of ether oxygens (including phenoxy) is 1. The third-order valence-electron chi connectivity index (χ3n) is 6.04. The number of H-pyrrole nitrogens is 1. The topological polar surface area (TPSA) is 79.0 Å². The number of aromatic amines is 1. The third kappa shape index (κ3) is 7.10. The standard InChI is InChI=1S/C30H32N4O2S2/c1-2-3-20-36-29(35)33-26-22-27(37)34-28(32-26)38-21-19-31-30(23-13-7-4-8-14-23,24-15-9-5-10-16-24)25-17-11-6-12-18-25/h4-18,22,31H,2-3,19-21H2,1H3,(H2,32,33,34,35,37). The lowest BCUT2D eigenvalue weighted by molar-refractivity contribution is 0.160. The molecule has 4 aromatic rings. The first-order valence-corrected chi connectivity index (χ1v) is 14.1. The maximum atomic E-state index is 12.1. The lowest BCUT2D eigenvalue weighted by Crippen LogP contribution is -2.45. The van der Waals surface area contributed by atoms with Crippen LogP contribution in [0.1, 0.15) is 36.5 Å². The average molecular weight is 545 g/mol. The Morgan fingerprint density at radius 2 is 1.50 bits per heavy atom. The smallest absolute Gasteiger partial charge is 0.412 e. The summed E-state index contributed by atoms with van der Waals surface area (Å²) in [5, 5.41) is 7.21. The van der Waals surface area contributed by atoms with E-state index in [9.17, 15) is 4.79 Å². The molecule has 4 rings (SSSR count). The molecule has 1 heterocycles. The van der Waals surface area contributed by atoms with Crippen LogP contribution in [0.5, 0.6) is 0 Å². The van der Waals surface area contributed by atoms with Gasteiger partial charge in [-0.15, -0.1) is 0 Å². The van der Waals surface area contributed by atoms with Crippen LogP contribution in [0.4, 0.5) is 10.6 Å². The third-order valence-corrected chi connectivity index (χ3v) is 7.12. The summed E-state index contributed by atoms with van der Waals surface area (Å²) in [5.41, 5.74) is 2.95. The second-order valence-corrected chi connectivity index (χ2v) is 10.2. The van der Waals surface area contributed by atoms with Gasteiger partial charge < -0.3 is 9.72 Å². The van der Waals surface area contributed by atoms with Crippen LogP contribution in [0.15, 0.2) is 102 Å². The van der Waals surface area contributed by atoms with Crippen LogP contribution in [0.3, 0.4) is 0 Å². The molecule has 38 heavy (non-hydrogen) atoms. The van der Waals surface area contributed by atoms with Gasteiger partial charge in [-0.3, -0.25) is 10.6 Å². The van der Waals surface area contributed by atoms with E-state index in [2.05, 4.69) is 93.4 Å². The molecule has 0 bridgehead atoms. The molecule has 3 N–H and O–H groups in total. The van der Waals surface area contributed by atoms with Crippen molar-refractivity contribution in [3.8, 4) is 0 Å². The zero-order valence-electron chi connectivity index (χ0n) is 21.4. The Kier molecular flexibility index (Phi) is 10.1. The number of thioether (sulfide) groups is 1. The minimum Gasteiger partial charge on any atom is -0.449 e. The van der Waals surface area contributed by atoms with Gasteiger partial charge in [-0.05, 0) is 23.1 Å². The van der Waals surface area contributed by atoms with Crippen molar-refractivity contribution in [1.29, 1.82) is 0 Å². The van der Waals surface area contributed by atoms with Gasteiger partial charge >= 0.3 is 6.09 Å². The lowest BCUT2D eigenvalue weighted by atomic mass is 9.77. The molecular weight excluding hydrogens is 512 g/mol. The summed E-state index contributed by atoms with van der Waals surface area (Å²) in [7, 11) is 0. The van der Waals surface area contributed by atoms with Crippen LogP contribution in [0.25, 0.3) is 0 Å². The van der Waals surface area contributed by atoms with Gasteiger partial charge in [0.2, 0.25) is 0 Å². The molecule has 0 saturated heterocycles. The molecule has 1 amide bonds. The summed E-state index contributed by atoms with van der Waals surface area (Å²) in [6.07, 6.45) is 1.27. The van der Waals surface area contributed by atoms with E-state index in [4.69, 9.17) is 17.0 Å². The zero-order valence-corrected chi connectivity index (χ0v) is 23.0. The maximum absolute atomic E-state index is 12.1. The highest BCUT2D eigenvalue weighted by atomic mass is 32.2. The number of aromatic nitrogens is 2. The second kappa shape index (κ2) is 13.9. The number of anilines is 1. The van der Waals surface area contributed by atoms with Crippen molar-refractivity contribution in [3.05, 3.63) is 118 Å². The van der Waals surface area contributed by atoms with Crippen molar-refractivity contribution in [1.82, 2.24) is 15.3 Å². The summed E-state index contributed by atoms with van der Waals surface area (Å²) >= 11 is 6.86. The molecule has 0 spiro atoms. The van der Waals surface area contributed by atoms with Gasteiger partial charge in [0.15, 0.2) is 5.16 Å². The van der Waals surface area contributed by atoms with Crippen LogP contribution in [-0.4, -0.2) is 35.0 Å². The molecular formula is C30H32N4O2S2. The highest BCUT2D eigenvalue weighted by molar-refractivity contribution is 7.99. The van der Waals surface area contributed by atoms with E-state index in [1.807, 2.05) is 25.1 Å². The highest BCUT2D eigenvalue weighted by Gasteiger charge is 2.35. The summed E-state index contributed by atoms with van der Waals surface area (Å²) in [6, 6.07) is 33.1. The molecule has 0 radical (unpaired) electrons. The molecule has 0 aliphatic heterocycles. The van der Waals surface area contributed by atoms with Crippen molar-refractivity contribution < 1.29 is 9.53 Å². The number of nitrogens with zero attached hydrogens (tertiary/aromatic N) is 1. The largest absolute Gasteiger partial charge is 0.449 e. The number of hydrogen-bond acceptors (Lipinski definition) is 6. The average Bonchev–Trinajstić information content (AvgIpc) is 2.94. The van der Waals surface area contributed by atoms with E-state index in [-0.39, 0.29) is 0 Å². The molecule has 0 aliphatic carbocycles. The fourth-order valence-electron chi connectivity index (χ4n) is 4.28. The van der Waals surface area contributed by atoms with Crippen LogP contribution in [0, 0.1) is 4.64 Å². The fourth-order valence-corrected chi connectivity index (χ4v) is 5.29. The van der Waals surface area contributed by atoms with Gasteiger partial charge in [-0.2, -0.15) is 0 Å². The van der Waals surface area contributed by atoms with Crippen LogP contribution < -0.4 is 10.6 Å². The van der Waals surface area contributed by atoms with E-state index in [1.165, 1.54) is 11.8 Å². The Morgan fingerprint density at radius 3 is 2.03 bits per heavy atom. The van der Waals surface area contributed by atoms with Crippen molar-refractivity contribution in [2.24, 2.45) is 0 Å². The summed E-state index contributed by atoms with van der Waals surface area (Å²) in [4.78, 5) is 19.6. The number of benzene rings is 3. The Bertz CT molecular complexity index is 1250. The number of carbonyl (C=O) groups excluding carboxylic acids is 1. The van der Waals surface area contributed by atoms with Crippen molar-refractivity contribution in [3.63, 3.8) is 0 Å². The summed E-state index contributed by atoms with van der Waals surface area (Å²) in [5.74, 6) is 1.19. The lowest BCUT2D eigenvalue weighted by Gasteiger charge is -2.37. The first kappa shape index (κ1) is 27.6. The normalized spacial score (nSPS) is 11.2. The number of unbranched alkanes of at least 4 members (excludes halogenated alkanes) is 1. The van der Waals surface area contributed by atoms with Gasteiger partial charge in [0.1, 0.15) is 10.5 Å². The minimum absolute atomic E-state index is 0.382. The van der Waals surface area contributed by atoms with E-state index in [1.54, 1.807) is 6.07 Å². The van der Waals surface area contributed by atoms with Gasteiger partial charge in [0.05, 0.1) is 12.1 Å². The Balaban J connectivity index is 1.52. The Labute approximate surface area is 233 Å². The predicted octanol–water partition coefficient (Wildman–Crippen LogP) is 7.16. The number of rotatable bonds is 12. The summed E-state index contributed by atoms with van der Waals surface area (Å²) < 4.78 is 5.59. The van der Waals surface area contributed by atoms with Crippen molar-refractivity contribution in [2.75, 3.05) is 24.2 Å². The number of nitrogens with one attached hydrogen (secondary N) is 3. The van der Waals surface area contributed by atoms with Crippen LogP contribution in [0.2, 0.25) is 0 Å². The molecule has 6 nitrogen and oxygen atoms in total. The number of amides is 1. The molecule has 196 valence electrons. The zero-order chi connectivity index (χ0) is 26.6. The van der Waals surface area contributed by atoms with E-state index in [0.717, 1.165) is 35.3 Å². The summed E-state index contributed by atoms with van der Waals surface area (Å²) in [6.45, 7) is 3.11. The molecule has 0 aliphatic rings. The van der Waals surface area contributed by atoms with E-state index in [0.29, 0.717) is 28.8 Å². The second-order valence-electron chi connectivity index (χ2n) is 8.68. The van der Waals surface area contributed by atoms with Gasteiger partial charge in [-0.25, -0.2) is 9.78 Å². The molecule has 0 saturated carbocycles. The number of carbonyl (C=O) groups is 1. The van der Waals surface area contributed by atoms with Crippen molar-refractivity contribution >= 4 is 35.9 Å². The molecule has 0 atom stereocenters. The Hall–Kier alpha value is -3.46. The molecule has 0 fully saturated rings. The van der Waals surface area contributed by atoms with Gasteiger partial charge in [0, 0.05) is 18.4 Å². The highest BCUT2D eigenvalue weighted by Crippen LogP contribution is 2.36. The fraction of sp³-hybridized carbons (Fsp3) is 0.233. The van der Waals surface area contributed by atoms with E-state index >= 15 is 0 Å². The van der Waals surface area contributed by atoms with Gasteiger partial charge in [-0.1, -0.05) is 128 Å². The Morgan fingerprint density at radius 1 is 0.947 bits per heavy atom. The first-order chi connectivity index (χ1) is 18.6. The van der Waals surface area contributed by atoms with Crippen molar-refractivity contribution in [2.45, 2.75) is 30.5 Å². The predicted molar refractivity (Wildman–Crippen MR) is 157 cm³/mol. The molecule has 8 heteroatoms. The maximum Gasteiger partial charge on any atom is 0.412 e. The van der Waals surface area contributed by atoms with Crippen LogP contribution >= 0.6 is 24.0 Å². The SMILES string of the molecule is CCCCOC(=O)Nc1cc(=S)nc(SCCNC(c2ccccc2)(c2ccccc2)c2ccccc2)[nH]1. The molecule has 1 aromatic heterocycles. The van der Waals surface area contributed by atoms with E-state index < -0.39 is 11.6 Å². The molecule has 3 aromatic carbocycles. The minimum atomic E-state index is -0.531.